The summed E-state index contributed by atoms with van der Waals surface area (Å²) in [5, 5.41) is 22.5. The van der Waals surface area contributed by atoms with Gasteiger partial charge in [0.2, 0.25) is 0 Å². The Balaban J connectivity index is 1.78. The molecule has 31 heavy (non-hydrogen) atoms. The number of hydrogen-bond donors (Lipinski definition) is 4. The molecule has 0 radical (unpaired) electrons. The van der Waals surface area contributed by atoms with Crippen LogP contribution in [0.5, 0.6) is 0 Å². The molecule has 4 aromatic rings. The average Bonchev–Trinajstić information content (AvgIpc) is 3.35. The highest BCUT2D eigenvalue weighted by atomic mass is 16.3. The average molecular weight is 420 g/mol. The van der Waals surface area contributed by atoms with Gasteiger partial charge in [-0.05, 0) is 70.0 Å². The molecule has 0 amide bonds. The van der Waals surface area contributed by atoms with Crippen molar-refractivity contribution in [2.75, 3.05) is 0 Å². The molecular formula is C24H29N5O2. The lowest BCUT2D eigenvalue weighted by Gasteiger charge is -2.18. The standard InChI is InChI=1S/C24H29N5O2/c1-13(2)29-12-15(4)22-18(9-17(10-21(22)29)20-6-7-26-28-20)23(30)25-11-19-14(3)8-16(5)27-24(19)31/h6-10,12-13,23,25,30H,11H2,1-5H3,(H,26,28)(H,27,31). The molecule has 0 aliphatic carbocycles. The lowest BCUT2D eigenvalue weighted by molar-refractivity contribution is 0.138. The highest BCUT2D eigenvalue weighted by Crippen LogP contribution is 2.34. The third-order valence-corrected chi connectivity index (χ3v) is 5.77. The molecule has 0 saturated heterocycles. The first-order valence-electron chi connectivity index (χ1n) is 10.5. The molecule has 0 aliphatic heterocycles. The van der Waals surface area contributed by atoms with Gasteiger partial charge in [0.1, 0.15) is 6.23 Å². The molecule has 4 N–H and O–H groups in total. The van der Waals surface area contributed by atoms with Gasteiger partial charge in [-0.2, -0.15) is 5.10 Å². The van der Waals surface area contributed by atoms with Crippen LogP contribution in [-0.4, -0.2) is 24.9 Å². The lowest BCUT2D eigenvalue weighted by atomic mass is 10.00. The van der Waals surface area contributed by atoms with E-state index in [9.17, 15) is 9.90 Å². The van der Waals surface area contributed by atoms with Gasteiger partial charge in [0.05, 0.1) is 5.69 Å². The molecule has 0 fully saturated rings. The van der Waals surface area contributed by atoms with Crippen LogP contribution in [0.3, 0.4) is 0 Å². The molecule has 0 aliphatic rings. The van der Waals surface area contributed by atoms with Crippen LogP contribution in [-0.2, 0) is 6.54 Å². The van der Waals surface area contributed by atoms with Crippen molar-refractivity contribution in [3.8, 4) is 11.3 Å². The van der Waals surface area contributed by atoms with E-state index < -0.39 is 6.23 Å². The van der Waals surface area contributed by atoms with Gasteiger partial charge < -0.3 is 14.7 Å². The van der Waals surface area contributed by atoms with Gasteiger partial charge in [-0.15, -0.1) is 0 Å². The zero-order chi connectivity index (χ0) is 22.3. The van der Waals surface area contributed by atoms with E-state index in [2.05, 4.69) is 58.1 Å². The van der Waals surface area contributed by atoms with Gasteiger partial charge >= 0.3 is 0 Å². The molecule has 3 heterocycles. The second-order valence-corrected chi connectivity index (χ2v) is 8.46. The van der Waals surface area contributed by atoms with E-state index in [1.54, 1.807) is 6.20 Å². The van der Waals surface area contributed by atoms with Crippen molar-refractivity contribution in [1.29, 1.82) is 0 Å². The van der Waals surface area contributed by atoms with Crippen molar-refractivity contribution in [3.63, 3.8) is 0 Å². The van der Waals surface area contributed by atoms with Crippen LogP contribution in [0.25, 0.3) is 22.2 Å². The third-order valence-electron chi connectivity index (χ3n) is 5.77. The SMILES string of the molecule is Cc1cc(C)c(CNC(O)c2cc(-c3cc[nH]n3)cc3c2c(C)cn3C(C)C)c(=O)[nH]1. The Bertz CT molecular complexity index is 1280. The smallest absolute Gasteiger partial charge is 0.252 e. The maximum Gasteiger partial charge on any atom is 0.252 e. The molecule has 0 bridgehead atoms. The summed E-state index contributed by atoms with van der Waals surface area (Å²) in [7, 11) is 0. The Hall–Kier alpha value is -3.16. The van der Waals surface area contributed by atoms with Crippen molar-refractivity contribution >= 4 is 10.9 Å². The first-order valence-corrected chi connectivity index (χ1v) is 10.5. The van der Waals surface area contributed by atoms with E-state index >= 15 is 0 Å². The van der Waals surface area contributed by atoms with Crippen molar-refractivity contribution in [2.24, 2.45) is 0 Å². The summed E-state index contributed by atoms with van der Waals surface area (Å²) in [5.41, 5.74) is 6.88. The zero-order valence-electron chi connectivity index (χ0n) is 18.6. The quantitative estimate of drug-likeness (QED) is 0.355. The number of rotatable bonds is 6. The van der Waals surface area contributed by atoms with E-state index in [-0.39, 0.29) is 18.1 Å². The minimum Gasteiger partial charge on any atom is -0.374 e. The second-order valence-electron chi connectivity index (χ2n) is 8.46. The molecular weight excluding hydrogens is 390 g/mol. The number of pyridine rings is 1. The van der Waals surface area contributed by atoms with E-state index in [0.29, 0.717) is 5.56 Å². The molecule has 1 unspecified atom stereocenters. The molecule has 0 spiro atoms. The fourth-order valence-electron chi connectivity index (χ4n) is 4.25. The summed E-state index contributed by atoms with van der Waals surface area (Å²) < 4.78 is 2.21. The Labute approximate surface area is 181 Å². The lowest BCUT2D eigenvalue weighted by Crippen LogP contribution is -2.26. The van der Waals surface area contributed by atoms with Gasteiger partial charge in [-0.1, -0.05) is 0 Å². The summed E-state index contributed by atoms with van der Waals surface area (Å²) in [5.74, 6) is 0. The molecule has 7 nitrogen and oxygen atoms in total. The van der Waals surface area contributed by atoms with Crippen LogP contribution in [0.2, 0.25) is 0 Å². The van der Waals surface area contributed by atoms with Crippen LogP contribution < -0.4 is 10.9 Å². The molecule has 7 heteroatoms. The highest BCUT2D eigenvalue weighted by Gasteiger charge is 2.20. The summed E-state index contributed by atoms with van der Waals surface area (Å²) in [6, 6.07) is 8.21. The van der Waals surface area contributed by atoms with Gasteiger partial charge in [0.15, 0.2) is 0 Å². The molecule has 3 aromatic heterocycles. The Morgan fingerprint density at radius 1 is 1.16 bits per heavy atom. The van der Waals surface area contributed by atoms with Crippen LogP contribution in [0.15, 0.2) is 41.5 Å². The predicted molar refractivity (Wildman–Crippen MR) is 123 cm³/mol. The zero-order valence-corrected chi connectivity index (χ0v) is 18.6. The van der Waals surface area contributed by atoms with Gasteiger partial charge in [-0.25, -0.2) is 0 Å². The number of aliphatic hydroxyl groups excluding tert-OH is 1. The molecule has 162 valence electrons. The maximum absolute atomic E-state index is 12.4. The number of aromatic amines is 2. The van der Waals surface area contributed by atoms with Crippen LogP contribution in [0.4, 0.5) is 0 Å². The van der Waals surface area contributed by atoms with Crippen LogP contribution in [0, 0.1) is 20.8 Å². The first-order chi connectivity index (χ1) is 14.8. The normalized spacial score (nSPS) is 12.7. The number of nitrogens with zero attached hydrogens (tertiary/aromatic N) is 2. The van der Waals surface area contributed by atoms with E-state index in [0.717, 1.165) is 44.5 Å². The number of aromatic nitrogens is 4. The minimum atomic E-state index is -0.941. The number of fused-ring (bicyclic) bond motifs is 1. The molecule has 4 rings (SSSR count). The minimum absolute atomic E-state index is 0.130. The fourth-order valence-corrected chi connectivity index (χ4v) is 4.25. The summed E-state index contributed by atoms with van der Waals surface area (Å²) in [6.45, 7) is 10.4. The summed E-state index contributed by atoms with van der Waals surface area (Å²) in [6.07, 6.45) is 2.96. The fraction of sp³-hybridized carbons (Fsp3) is 0.333. The largest absolute Gasteiger partial charge is 0.374 e. The number of aliphatic hydroxyl groups is 1. The first kappa shape index (κ1) is 21.1. The number of nitrogens with one attached hydrogen (secondary N) is 3. The molecule has 0 saturated carbocycles. The van der Waals surface area contributed by atoms with Gasteiger partial charge in [0.25, 0.3) is 5.56 Å². The number of hydrogen-bond acceptors (Lipinski definition) is 4. The number of aryl methyl sites for hydroxylation is 3. The number of benzene rings is 1. The monoisotopic (exact) mass is 419 g/mol. The van der Waals surface area contributed by atoms with Gasteiger partial charge in [-0.3, -0.25) is 15.2 Å². The predicted octanol–water partition coefficient (Wildman–Crippen LogP) is 4.01. The topological polar surface area (TPSA) is 98.7 Å². The third kappa shape index (κ3) is 3.94. The second kappa shape index (κ2) is 8.17. The van der Waals surface area contributed by atoms with Crippen molar-refractivity contribution < 1.29 is 5.11 Å². The van der Waals surface area contributed by atoms with Crippen molar-refractivity contribution in [2.45, 2.75) is 53.4 Å². The van der Waals surface area contributed by atoms with E-state index in [1.165, 1.54) is 0 Å². The molecule has 1 aromatic carbocycles. The van der Waals surface area contributed by atoms with Gasteiger partial charge in [0, 0.05) is 58.3 Å². The Kier molecular flexibility index (Phi) is 5.56. The maximum atomic E-state index is 12.4. The molecule has 1 atom stereocenters. The van der Waals surface area contributed by atoms with E-state index in [1.807, 2.05) is 32.0 Å². The number of H-pyrrole nitrogens is 2. The van der Waals surface area contributed by atoms with E-state index in [4.69, 9.17) is 0 Å². The summed E-state index contributed by atoms with van der Waals surface area (Å²) >= 11 is 0. The van der Waals surface area contributed by atoms with Crippen molar-refractivity contribution in [3.05, 3.63) is 75.0 Å². The van der Waals surface area contributed by atoms with Crippen LogP contribution in [0.1, 0.15) is 54.1 Å². The summed E-state index contributed by atoms with van der Waals surface area (Å²) in [4.78, 5) is 15.2. The Morgan fingerprint density at radius 3 is 2.58 bits per heavy atom. The van der Waals surface area contributed by atoms with Crippen molar-refractivity contribution in [1.82, 2.24) is 25.1 Å². The highest BCUT2D eigenvalue weighted by molar-refractivity contribution is 5.91. The Morgan fingerprint density at radius 2 is 1.94 bits per heavy atom. The van der Waals surface area contributed by atoms with Crippen LogP contribution >= 0.6 is 0 Å².